The second kappa shape index (κ2) is 7.72. The van der Waals surface area contributed by atoms with Crippen LogP contribution >= 0.6 is 43.2 Å². The molecule has 0 aliphatic carbocycles. The summed E-state index contributed by atoms with van der Waals surface area (Å²) >= 11 is 8.81. The van der Waals surface area contributed by atoms with Crippen molar-refractivity contribution >= 4 is 43.2 Å². The van der Waals surface area contributed by atoms with E-state index in [1.54, 1.807) is 11.3 Å². The van der Waals surface area contributed by atoms with Gasteiger partial charge in [-0.15, -0.1) is 11.3 Å². The maximum atomic E-state index is 5.89. The summed E-state index contributed by atoms with van der Waals surface area (Å²) in [6.07, 6.45) is 1.80. The molecule has 0 saturated carbocycles. The average Bonchev–Trinajstić information content (AvgIpc) is 2.85. The third kappa shape index (κ3) is 4.77. The Balaban J connectivity index is 2.09. The first-order valence-corrected chi connectivity index (χ1v) is 9.25. The van der Waals surface area contributed by atoms with Crippen LogP contribution in [0.2, 0.25) is 0 Å². The highest BCUT2D eigenvalue weighted by Crippen LogP contribution is 2.35. The highest BCUT2D eigenvalue weighted by atomic mass is 79.9. The Morgan fingerprint density at radius 1 is 1.33 bits per heavy atom. The average molecular weight is 434 g/mol. The van der Waals surface area contributed by atoms with E-state index >= 15 is 0 Å². The van der Waals surface area contributed by atoms with Gasteiger partial charge in [0.2, 0.25) is 0 Å². The summed E-state index contributed by atoms with van der Waals surface area (Å²) < 4.78 is 7.75. The molecule has 2 N–H and O–H groups in total. The smallest absolute Gasteiger partial charge is 0.148 e. The molecular weight excluding hydrogens is 416 g/mol. The van der Waals surface area contributed by atoms with Gasteiger partial charge in [0.05, 0.1) is 19.6 Å². The molecule has 21 heavy (non-hydrogen) atoms. The lowest BCUT2D eigenvalue weighted by Gasteiger charge is -2.12. The van der Waals surface area contributed by atoms with Crippen molar-refractivity contribution in [3.63, 3.8) is 0 Å². The van der Waals surface area contributed by atoms with Gasteiger partial charge in [0, 0.05) is 11.4 Å². The molecule has 6 heteroatoms. The van der Waals surface area contributed by atoms with Crippen molar-refractivity contribution in [2.75, 3.05) is 0 Å². The number of halogens is 2. The standard InChI is InChI=1S/C15H18Br2N2OS/c1-3-14-19-11(8-21-14)7-20-15-12(16)5-10(4-9(2)18)6-13(15)17/h5-6,8-9H,3-4,7,18H2,1-2H3. The monoisotopic (exact) mass is 432 g/mol. The maximum Gasteiger partial charge on any atom is 0.148 e. The molecule has 3 nitrogen and oxygen atoms in total. The zero-order valence-corrected chi connectivity index (χ0v) is 16.0. The number of thiazole rings is 1. The third-order valence-electron chi connectivity index (χ3n) is 2.88. The number of aryl methyl sites for hydroxylation is 1. The molecule has 1 aromatic heterocycles. The molecule has 0 bridgehead atoms. The number of rotatable bonds is 6. The minimum Gasteiger partial charge on any atom is -0.485 e. The number of ether oxygens (including phenoxy) is 1. The highest BCUT2D eigenvalue weighted by Gasteiger charge is 2.11. The minimum atomic E-state index is 0.137. The molecular formula is C15H18Br2N2OS. The van der Waals surface area contributed by atoms with E-state index in [-0.39, 0.29) is 6.04 Å². The quantitative estimate of drug-likeness (QED) is 0.718. The van der Waals surface area contributed by atoms with Crippen LogP contribution in [-0.4, -0.2) is 11.0 Å². The van der Waals surface area contributed by atoms with Gasteiger partial charge < -0.3 is 10.5 Å². The molecule has 0 fully saturated rings. The molecule has 2 aromatic rings. The van der Waals surface area contributed by atoms with Crippen LogP contribution < -0.4 is 10.5 Å². The van der Waals surface area contributed by atoms with Crippen molar-refractivity contribution in [1.29, 1.82) is 0 Å². The van der Waals surface area contributed by atoms with Crippen molar-refractivity contribution in [2.24, 2.45) is 5.73 Å². The van der Waals surface area contributed by atoms with Crippen molar-refractivity contribution in [1.82, 2.24) is 4.98 Å². The van der Waals surface area contributed by atoms with E-state index in [0.717, 1.165) is 38.2 Å². The molecule has 0 spiro atoms. The molecule has 0 radical (unpaired) electrons. The van der Waals surface area contributed by atoms with Crippen LogP contribution in [0.4, 0.5) is 0 Å². The number of nitrogens with two attached hydrogens (primary N) is 1. The van der Waals surface area contributed by atoms with Crippen LogP contribution in [0.25, 0.3) is 0 Å². The Hall–Kier alpha value is -0.430. The summed E-state index contributed by atoms with van der Waals surface area (Å²) in [7, 11) is 0. The van der Waals surface area contributed by atoms with Crippen LogP contribution in [0.5, 0.6) is 5.75 Å². The van der Waals surface area contributed by atoms with Gasteiger partial charge in [-0.2, -0.15) is 0 Å². The SMILES string of the molecule is CCc1nc(COc2c(Br)cc(CC(C)N)cc2Br)cs1. The number of hydrogen-bond donors (Lipinski definition) is 1. The summed E-state index contributed by atoms with van der Waals surface area (Å²) in [5.74, 6) is 0.800. The van der Waals surface area contributed by atoms with Gasteiger partial charge in [-0.25, -0.2) is 4.98 Å². The Morgan fingerprint density at radius 3 is 2.52 bits per heavy atom. The molecule has 114 valence electrons. The number of aromatic nitrogens is 1. The van der Waals surface area contributed by atoms with E-state index in [1.165, 1.54) is 5.56 Å². The molecule has 0 saturated heterocycles. The second-order valence-electron chi connectivity index (χ2n) is 4.94. The van der Waals surface area contributed by atoms with Gasteiger partial charge in [0.25, 0.3) is 0 Å². The molecule has 1 atom stereocenters. The number of hydrogen-bond acceptors (Lipinski definition) is 4. The van der Waals surface area contributed by atoms with Crippen LogP contribution in [0.15, 0.2) is 26.5 Å². The van der Waals surface area contributed by atoms with Crippen LogP contribution in [0.3, 0.4) is 0 Å². The molecule has 2 rings (SSSR count). The number of benzene rings is 1. The Morgan fingerprint density at radius 2 is 2.00 bits per heavy atom. The Kier molecular flexibility index (Phi) is 6.22. The van der Waals surface area contributed by atoms with Gasteiger partial charge in [-0.05, 0) is 69.3 Å². The van der Waals surface area contributed by atoms with Gasteiger partial charge in [-0.1, -0.05) is 6.92 Å². The summed E-state index contributed by atoms with van der Waals surface area (Å²) in [4.78, 5) is 4.51. The lowest BCUT2D eigenvalue weighted by molar-refractivity contribution is 0.298. The summed E-state index contributed by atoms with van der Waals surface area (Å²) in [5, 5.41) is 3.18. The zero-order chi connectivity index (χ0) is 15.4. The zero-order valence-electron chi connectivity index (χ0n) is 12.0. The first kappa shape index (κ1) is 16.9. The van der Waals surface area contributed by atoms with E-state index < -0.39 is 0 Å². The Bertz CT molecular complexity index is 590. The van der Waals surface area contributed by atoms with Crippen molar-refractivity contribution in [3.05, 3.63) is 42.7 Å². The van der Waals surface area contributed by atoms with Gasteiger partial charge >= 0.3 is 0 Å². The van der Waals surface area contributed by atoms with Crippen LogP contribution in [0, 0.1) is 0 Å². The predicted molar refractivity (Wildman–Crippen MR) is 95.0 cm³/mol. The summed E-state index contributed by atoms with van der Waals surface area (Å²) in [6.45, 7) is 4.58. The first-order valence-electron chi connectivity index (χ1n) is 6.79. The predicted octanol–water partition coefficient (Wildman–Crippen LogP) is 4.70. The molecule has 0 aliphatic heterocycles. The van der Waals surface area contributed by atoms with E-state index in [4.69, 9.17) is 10.5 Å². The lowest BCUT2D eigenvalue weighted by Crippen LogP contribution is -2.17. The van der Waals surface area contributed by atoms with E-state index in [1.807, 2.05) is 12.3 Å². The molecule has 0 aliphatic rings. The van der Waals surface area contributed by atoms with Crippen LogP contribution in [0.1, 0.15) is 30.1 Å². The summed E-state index contributed by atoms with van der Waals surface area (Å²) in [5.41, 5.74) is 7.99. The highest BCUT2D eigenvalue weighted by molar-refractivity contribution is 9.11. The Labute approximate surface area is 146 Å². The van der Waals surface area contributed by atoms with Gasteiger partial charge in [0.15, 0.2) is 0 Å². The third-order valence-corrected chi connectivity index (χ3v) is 5.10. The normalized spacial score (nSPS) is 12.4. The minimum absolute atomic E-state index is 0.137. The second-order valence-corrected chi connectivity index (χ2v) is 7.60. The molecule has 1 heterocycles. The van der Waals surface area contributed by atoms with Crippen molar-refractivity contribution in [2.45, 2.75) is 39.3 Å². The molecule has 0 amide bonds. The van der Waals surface area contributed by atoms with E-state index in [2.05, 4.69) is 55.9 Å². The van der Waals surface area contributed by atoms with Crippen LogP contribution in [-0.2, 0) is 19.4 Å². The van der Waals surface area contributed by atoms with E-state index in [9.17, 15) is 0 Å². The lowest BCUT2D eigenvalue weighted by atomic mass is 10.1. The maximum absolute atomic E-state index is 5.89. The van der Waals surface area contributed by atoms with Crippen molar-refractivity contribution in [3.8, 4) is 5.75 Å². The summed E-state index contributed by atoms with van der Waals surface area (Å²) in [6, 6.07) is 4.25. The first-order chi connectivity index (χ1) is 9.99. The van der Waals surface area contributed by atoms with Gasteiger partial charge in [-0.3, -0.25) is 0 Å². The fourth-order valence-corrected chi connectivity index (χ4v) is 4.20. The van der Waals surface area contributed by atoms with E-state index in [0.29, 0.717) is 6.61 Å². The van der Waals surface area contributed by atoms with Gasteiger partial charge in [0.1, 0.15) is 12.4 Å². The topological polar surface area (TPSA) is 48.1 Å². The molecule has 1 unspecified atom stereocenters. The fourth-order valence-electron chi connectivity index (χ4n) is 1.96. The largest absolute Gasteiger partial charge is 0.485 e. The van der Waals surface area contributed by atoms with Crippen molar-refractivity contribution < 1.29 is 4.74 Å². The number of nitrogens with zero attached hydrogens (tertiary/aromatic N) is 1. The molecule has 1 aromatic carbocycles. The fraction of sp³-hybridized carbons (Fsp3) is 0.400.